The van der Waals surface area contributed by atoms with Crippen molar-refractivity contribution in [3.63, 3.8) is 0 Å². The van der Waals surface area contributed by atoms with Gasteiger partial charge in [0.25, 0.3) is 5.91 Å². The molecule has 1 unspecified atom stereocenters. The average molecular weight is 294 g/mol. The van der Waals surface area contributed by atoms with Gasteiger partial charge < -0.3 is 9.64 Å². The molecule has 0 bridgehead atoms. The second kappa shape index (κ2) is 7.28. The third-order valence-corrected chi connectivity index (χ3v) is 3.31. The lowest BCUT2D eigenvalue weighted by molar-refractivity contribution is -0.124. The SMILES string of the molecule is CCN(C(=O)C(C)Oc1ccccc1C#N)c1ccccc1. The maximum atomic E-state index is 12.6. The summed E-state index contributed by atoms with van der Waals surface area (Å²) in [6, 6.07) is 18.4. The van der Waals surface area contributed by atoms with Crippen LogP contribution in [0.4, 0.5) is 5.69 Å². The van der Waals surface area contributed by atoms with Gasteiger partial charge >= 0.3 is 0 Å². The predicted octanol–water partition coefficient (Wildman–Crippen LogP) is 3.38. The number of carbonyl (C=O) groups excluding carboxylic acids is 1. The summed E-state index contributed by atoms with van der Waals surface area (Å²) in [4.78, 5) is 14.3. The van der Waals surface area contributed by atoms with Crippen LogP contribution in [0.15, 0.2) is 54.6 Å². The number of ether oxygens (including phenoxy) is 1. The largest absolute Gasteiger partial charge is 0.479 e. The molecule has 0 aliphatic carbocycles. The van der Waals surface area contributed by atoms with E-state index in [0.717, 1.165) is 5.69 Å². The molecule has 0 spiro atoms. The molecule has 0 saturated heterocycles. The molecule has 22 heavy (non-hydrogen) atoms. The third kappa shape index (κ3) is 3.44. The Kier molecular flexibility index (Phi) is 5.16. The molecule has 4 heteroatoms. The number of rotatable bonds is 5. The number of nitrogens with zero attached hydrogens (tertiary/aromatic N) is 2. The Hall–Kier alpha value is -2.80. The minimum atomic E-state index is -0.672. The van der Waals surface area contributed by atoms with E-state index < -0.39 is 6.10 Å². The molecule has 1 amide bonds. The lowest BCUT2D eigenvalue weighted by Gasteiger charge is -2.25. The first-order valence-corrected chi connectivity index (χ1v) is 7.19. The summed E-state index contributed by atoms with van der Waals surface area (Å²) in [5.74, 6) is 0.288. The van der Waals surface area contributed by atoms with Gasteiger partial charge in [0, 0.05) is 12.2 Å². The molecule has 1 atom stereocenters. The Bertz CT molecular complexity index is 677. The quantitative estimate of drug-likeness (QED) is 0.849. The van der Waals surface area contributed by atoms with E-state index >= 15 is 0 Å². The number of nitriles is 1. The molecule has 2 rings (SSSR count). The molecule has 0 heterocycles. The normalized spacial score (nSPS) is 11.3. The van der Waals surface area contributed by atoms with Crippen molar-refractivity contribution in [2.75, 3.05) is 11.4 Å². The monoisotopic (exact) mass is 294 g/mol. The highest BCUT2D eigenvalue weighted by atomic mass is 16.5. The number of carbonyl (C=O) groups is 1. The molecule has 0 N–H and O–H groups in total. The van der Waals surface area contributed by atoms with E-state index in [-0.39, 0.29) is 5.91 Å². The zero-order valence-corrected chi connectivity index (χ0v) is 12.7. The van der Waals surface area contributed by atoms with E-state index in [1.165, 1.54) is 0 Å². The second-order valence-electron chi connectivity index (χ2n) is 4.79. The van der Waals surface area contributed by atoms with Crippen molar-refractivity contribution < 1.29 is 9.53 Å². The summed E-state index contributed by atoms with van der Waals surface area (Å²) in [6.45, 7) is 4.17. The van der Waals surface area contributed by atoms with Gasteiger partial charge in [-0.3, -0.25) is 4.79 Å². The van der Waals surface area contributed by atoms with Crippen LogP contribution in [0, 0.1) is 11.3 Å². The van der Waals surface area contributed by atoms with Gasteiger partial charge in [-0.05, 0) is 38.1 Å². The molecule has 112 valence electrons. The van der Waals surface area contributed by atoms with Crippen LogP contribution < -0.4 is 9.64 Å². The molecule has 0 aliphatic rings. The molecule has 0 aromatic heterocycles. The van der Waals surface area contributed by atoms with Crippen molar-refractivity contribution in [3.05, 3.63) is 60.2 Å². The highest BCUT2D eigenvalue weighted by molar-refractivity contribution is 5.96. The molecule has 4 nitrogen and oxygen atoms in total. The van der Waals surface area contributed by atoms with Crippen LogP contribution in [-0.4, -0.2) is 18.6 Å². The van der Waals surface area contributed by atoms with Gasteiger partial charge in [0.2, 0.25) is 0 Å². The summed E-state index contributed by atoms with van der Waals surface area (Å²) in [5, 5.41) is 9.08. The van der Waals surface area contributed by atoms with E-state index in [1.807, 2.05) is 37.3 Å². The van der Waals surface area contributed by atoms with Crippen molar-refractivity contribution in [2.24, 2.45) is 0 Å². The minimum absolute atomic E-state index is 0.138. The van der Waals surface area contributed by atoms with Crippen LogP contribution in [0.1, 0.15) is 19.4 Å². The lowest BCUT2D eigenvalue weighted by Crippen LogP contribution is -2.40. The number of likely N-dealkylation sites (N-methyl/N-ethyl adjacent to an activating group) is 1. The van der Waals surface area contributed by atoms with Crippen molar-refractivity contribution in [1.29, 1.82) is 5.26 Å². The summed E-state index contributed by atoms with van der Waals surface area (Å²) >= 11 is 0. The van der Waals surface area contributed by atoms with Gasteiger partial charge in [0.15, 0.2) is 6.10 Å². The second-order valence-corrected chi connectivity index (χ2v) is 4.79. The zero-order chi connectivity index (χ0) is 15.9. The van der Waals surface area contributed by atoms with E-state index in [0.29, 0.717) is 17.9 Å². The van der Waals surface area contributed by atoms with Crippen molar-refractivity contribution in [2.45, 2.75) is 20.0 Å². The standard InChI is InChI=1S/C18H18N2O2/c1-3-20(16-10-5-4-6-11-16)18(21)14(2)22-17-12-8-7-9-15(17)13-19/h4-12,14H,3H2,1-2H3. The first kappa shape index (κ1) is 15.6. The number of para-hydroxylation sites is 2. The van der Waals surface area contributed by atoms with Crippen LogP contribution >= 0.6 is 0 Å². The number of benzene rings is 2. The lowest BCUT2D eigenvalue weighted by atomic mass is 10.2. The zero-order valence-electron chi connectivity index (χ0n) is 12.7. The Balaban J connectivity index is 2.16. The Labute approximate surface area is 130 Å². The fourth-order valence-corrected chi connectivity index (χ4v) is 2.20. The van der Waals surface area contributed by atoms with E-state index in [1.54, 1.807) is 36.1 Å². The first-order chi connectivity index (χ1) is 10.7. The van der Waals surface area contributed by atoms with Crippen LogP contribution in [0.2, 0.25) is 0 Å². The first-order valence-electron chi connectivity index (χ1n) is 7.19. The third-order valence-electron chi connectivity index (χ3n) is 3.31. The summed E-state index contributed by atoms with van der Waals surface area (Å²) in [7, 11) is 0. The molecular weight excluding hydrogens is 276 g/mol. The number of hydrogen-bond acceptors (Lipinski definition) is 3. The van der Waals surface area contributed by atoms with Gasteiger partial charge in [-0.2, -0.15) is 5.26 Å². The number of anilines is 1. The highest BCUT2D eigenvalue weighted by Gasteiger charge is 2.22. The average Bonchev–Trinajstić information content (AvgIpc) is 2.57. The topological polar surface area (TPSA) is 53.3 Å². The Morgan fingerprint density at radius 2 is 1.82 bits per heavy atom. The van der Waals surface area contributed by atoms with Crippen molar-refractivity contribution in [3.8, 4) is 11.8 Å². The summed E-state index contributed by atoms with van der Waals surface area (Å²) in [6.07, 6.45) is -0.672. The maximum absolute atomic E-state index is 12.6. The van der Waals surface area contributed by atoms with Crippen LogP contribution in [0.25, 0.3) is 0 Å². The van der Waals surface area contributed by atoms with Gasteiger partial charge in [0.1, 0.15) is 11.8 Å². The summed E-state index contributed by atoms with van der Waals surface area (Å²) in [5.41, 5.74) is 1.25. The Morgan fingerprint density at radius 3 is 2.45 bits per heavy atom. The molecule has 0 fully saturated rings. The van der Waals surface area contributed by atoms with E-state index in [4.69, 9.17) is 10.00 Å². The molecule has 0 radical (unpaired) electrons. The fourth-order valence-electron chi connectivity index (χ4n) is 2.20. The minimum Gasteiger partial charge on any atom is -0.479 e. The fraction of sp³-hybridized carbons (Fsp3) is 0.222. The van der Waals surface area contributed by atoms with Gasteiger partial charge in [-0.25, -0.2) is 0 Å². The van der Waals surface area contributed by atoms with Crippen molar-refractivity contribution in [1.82, 2.24) is 0 Å². The summed E-state index contributed by atoms with van der Waals surface area (Å²) < 4.78 is 5.69. The molecule has 2 aromatic carbocycles. The smallest absolute Gasteiger partial charge is 0.267 e. The molecule has 0 aliphatic heterocycles. The van der Waals surface area contributed by atoms with Crippen LogP contribution in [0.3, 0.4) is 0 Å². The predicted molar refractivity (Wildman–Crippen MR) is 85.7 cm³/mol. The number of amides is 1. The number of hydrogen-bond donors (Lipinski definition) is 0. The van der Waals surface area contributed by atoms with E-state index in [2.05, 4.69) is 6.07 Å². The Morgan fingerprint density at radius 1 is 1.18 bits per heavy atom. The molecule has 2 aromatic rings. The van der Waals surface area contributed by atoms with Crippen LogP contribution in [0.5, 0.6) is 5.75 Å². The van der Waals surface area contributed by atoms with Gasteiger partial charge in [0.05, 0.1) is 5.56 Å². The highest BCUT2D eigenvalue weighted by Crippen LogP contribution is 2.20. The van der Waals surface area contributed by atoms with Gasteiger partial charge in [-0.15, -0.1) is 0 Å². The van der Waals surface area contributed by atoms with Crippen molar-refractivity contribution >= 4 is 11.6 Å². The van der Waals surface area contributed by atoms with Crippen LogP contribution in [-0.2, 0) is 4.79 Å². The maximum Gasteiger partial charge on any atom is 0.267 e. The van der Waals surface area contributed by atoms with E-state index in [9.17, 15) is 4.79 Å². The van der Waals surface area contributed by atoms with Gasteiger partial charge in [-0.1, -0.05) is 30.3 Å². The molecule has 0 saturated carbocycles. The molecular formula is C18H18N2O2.